The minimum Gasteiger partial charge on any atom is -0.390 e. The van der Waals surface area contributed by atoms with Crippen LogP contribution in [0.5, 0.6) is 0 Å². The molecular weight excluding hydrogens is 372 g/mol. The van der Waals surface area contributed by atoms with Gasteiger partial charge in [-0.2, -0.15) is 0 Å². The number of aryl methyl sites for hydroxylation is 1. The number of amides is 1. The number of carbonyl (C=O) groups is 1. The number of piperidine rings is 1. The van der Waals surface area contributed by atoms with Crippen molar-refractivity contribution in [3.05, 3.63) is 41.9 Å². The van der Waals surface area contributed by atoms with E-state index in [4.69, 9.17) is 11.5 Å². The number of carbonyl (C=O) groups excluding carboxylic acids is 1. The number of fused-ring (bicyclic) bond motifs is 1. The van der Waals surface area contributed by atoms with E-state index in [1.807, 2.05) is 12.1 Å². The zero-order valence-corrected chi connectivity index (χ0v) is 16.6. The number of nitrogens with zero attached hydrogens (tertiary/aromatic N) is 3. The summed E-state index contributed by atoms with van der Waals surface area (Å²) in [6.45, 7) is 3.74. The zero-order chi connectivity index (χ0) is 19.7. The lowest BCUT2D eigenvalue weighted by molar-refractivity contribution is 0.102. The number of hydrogen-bond donors (Lipinski definition) is 3. The first-order valence-electron chi connectivity index (χ1n) is 9.49. The van der Waals surface area contributed by atoms with Crippen molar-refractivity contribution in [2.75, 3.05) is 29.0 Å². The summed E-state index contributed by atoms with van der Waals surface area (Å²) in [6, 6.07) is 4.10. The molecule has 1 aliphatic rings. The van der Waals surface area contributed by atoms with Crippen molar-refractivity contribution in [3.63, 3.8) is 0 Å². The summed E-state index contributed by atoms with van der Waals surface area (Å²) in [5.41, 5.74) is 16.1. The van der Waals surface area contributed by atoms with Gasteiger partial charge in [-0.15, -0.1) is 11.3 Å². The van der Waals surface area contributed by atoms with E-state index < -0.39 is 0 Å². The van der Waals surface area contributed by atoms with Crippen molar-refractivity contribution in [1.82, 2.24) is 9.97 Å². The first kappa shape index (κ1) is 18.6. The molecule has 0 aliphatic carbocycles. The molecule has 3 aromatic rings. The maximum Gasteiger partial charge on any atom is 0.260 e. The summed E-state index contributed by atoms with van der Waals surface area (Å²) in [4.78, 5) is 23.9. The molecule has 4 rings (SSSR count). The first-order chi connectivity index (χ1) is 13.6. The van der Waals surface area contributed by atoms with E-state index in [0.717, 1.165) is 48.3 Å². The summed E-state index contributed by atoms with van der Waals surface area (Å²) in [5, 5.41) is 3.46. The minimum absolute atomic E-state index is 0.138. The van der Waals surface area contributed by atoms with Gasteiger partial charge in [0.2, 0.25) is 0 Å². The average molecular weight is 397 g/mol. The minimum atomic E-state index is -0.268. The standard InChI is InChI=1S/C20H24N6OS/c1-2-12-8-16-18(24-9-12)17(19(22)28-16)20(27)25-14-10-23-6-5-15(14)26-7-3-4-13(21)11-26/h5-6,8-10,13H,2-4,7,11,21-22H2,1H3,(H,25,27)/t13-/m1/s1. The van der Waals surface area contributed by atoms with Crippen LogP contribution in [0.1, 0.15) is 35.7 Å². The van der Waals surface area contributed by atoms with Crippen molar-refractivity contribution in [2.45, 2.75) is 32.2 Å². The lowest BCUT2D eigenvalue weighted by atomic mass is 10.1. The number of pyridine rings is 2. The fraction of sp³-hybridized carbons (Fsp3) is 0.350. The van der Waals surface area contributed by atoms with Gasteiger partial charge in [0.1, 0.15) is 10.6 Å². The molecule has 5 N–H and O–H groups in total. The van der Waals surface area contributed by atoms with Crippen LogP contribution in [0.3, 0.4) is 0 Å². The number of hydrogen-bond acceptors (Lipinski definition) is 7. The number of rotatable bonds is 4. The number of anilines is 3. The van der Waals surface area contributed by atoms with Crippen LogP contribution in [-0.2, 0) is 6.42 Å². The van der Waals surface area contributed by atoms with E-state index in [0.29, 0.717) is 21.8 Å². The Labute approximate surface area is 167 Å². The second kappa shape index (κ2) is 7.73. The molecule has 1 fully saturated rings. The van der Waals surface area contributed by atoms with Crippen LogP contribution in [0.25, 0.3) is 10.2 Å². The van der Waals surface area contributed by atoms with Gasteiger partial charge in [0.25, 0.3) is 5.91 Å². The number of thiophene rings is 1. The summed E-state index contributed by atoms with van der Waals surface area (Å²) in [5.74, 6) is -0.268. The van der Waals surface area contributed by atoms with Gasteiger partial charge in [-0.05, 0) is 37.0 Å². The number of nitrogen functional groups attached to an aromatic ring is 1. The van der Waals surface area contributed by atoms with Crippen molar-refractivity contribution in [1.29, 1.82) is 0 Å². The SMILES string of the molecule is CCc1cnc2c(C(=O)Nc3cnccc3N3CCC[C@@H](N)C3)c(N)sc2c1. The highest BCUT2D eigenvalue weighted by Crippen LogP contribution is 2.34. The first-order valence-corrected chi connectivity index (χ1v) is 10.3. The molecule has 28 heavy (non-hydrogen) atoms. The lowest BCUT2D eigenvalue weighted by Gasteiger charge is -2.33. The molecule has 146 valence electrons. The fourth-order valence-corrected chi connectivity index (χ4v) is 4.61. The van der Waals surface area contributed by atoms with Crippen LogP contribution < -0.4 is 21.7 Å². The van der Waals surface area contributed by atoms with Crippen LogP contribution in [0.15, 0.2) is 30.7 Å². The van der Waals surface area contributed by atoms with Crippen LogP contribution in [-0.4, -0.2) is 35.0 Å². The summed E-state index contributed by atoms with van der Waals surface area (Å²) in [7, 11) is 0. The molecule has 0 radical (unpaired) electrons. The lowest BCUT2D eigenvalue weighted by Crippen LogP contribution is -2.43. The second-order valence-corrected chi connectivity index (χ2v) is 8.16. The quantitative estimate of drug-likeness (QED) is 0.625. The van der Waals surface area contributed by atoms with Crippen LogP contribution >= 0.6 is 11.3 Å². The van der Waals surface area contributed by atoms with Crippen LogP contribution in [0.2, 0.25) is 0 Å². The molecular formula is C20H24N6OS. The Morgan fingerprint density at radius 1 is 1.43 bits per heavy atom. The summed E-state index contributed by atoms with van der Waals surface area (Å²) in [6.07, 6.45) is 8.14. The molecule has 0 spiro atoms. The molecule has 7 nitrogen and oxygen atoms in total. The Morgan fingerprint density at radius 2 is 2.29 bits per heavy atom. The van der Waals surface area contributed by atoms with Gasteiger partial charge in [-0.25, -0.2) is 0 Å². The summed E-state index contributed by atoms with van der Waals surface area (Å²) < 4.78 is 0.926. The van der Waals surface area contributed by atoms with Gasteiger partial charge in [-0.3, -0.25) is 14.8 Å². The average Bonchev–Trinajstić information content (AvgIpc) is 3.03. The van der Waals surface area contributed by atoms with Crippen molar-refractivity contribution < 1.29 is 4.79 Å². The van der Waals surface area contributed by atoms with Crippen molar-refractivity contribution >= 4 is 43.8 Å². The van der Waals surface area contributed by atoms with Gasteiger partial charge in [0, 0.05) is 31.5 Å². The van der Waals surface area contributed by atoms with E-state index in [1.54, 1.807) is 18.6 Å². The molecule has 0 unspecified atom stereocenters. The molecule has 1 atom stereocenters. The molecule has 1 saturated heterocycles. The Kier molecular flexibility index (Phi) is 5.15. The Morgan fingerprint density at radius 3 is 3.07 bits per heavy atom. The third-order valence-electron chi connectivity index (χ3n) is 5.09. The van der Waals surface area contributed by atoms with Gasteiger partial charge in [0.05, 0.1) is 27.8 Å². The highest BCUT2D eigenvalue weighted by Gasteiger charge is 2.23. The molecule has 1 amide bonds. The predicted octanol–water partition coefficient (Wildman–Crippen LogP) is 3.02. The van der Waals surface area contributed by atoms with Gasteiger partial charge in [-0.1, -0.05) is 6.92 Å². The van der Waals surface area contributed by atoms with E-state index in [1.165, 1.54) is 11.3 Å². The smallest absolute Gasteiger partial charge is 0.260 e. The molecule has 0 saturated carbocycles. The predicted molar refractivity (Wildman–Crippen MR) is 115 cm³/mol. The topological polar surface area (TPSA) is 110 Å². The molecule has 0 bridgehead atoms. The Hall–Kier alpha value is -2.71. The third kappa shape index (κ3) is 3.53. The fourth-order valence-electron chi connectivity index (χ4n) is 3.62. The molecule has 3 aromatic heterocycles. The number of aromatic nitrogens is 2. The van der Waals surface area contributed by atoms with Crippen molar-refractivity contribution in [3.8, 4) is 0 Å². The van der Waals surface area contributed by atoms with E-state index >= 15 is 0 Å². The number of nitrogens with one attached hydrogen (secondary N) is 1. The second-order valence-electron chi connectivity index (χ2n) is 7.08. The van der Waals surface area contributed by atoms with Crippen molar-refractivity contribution in [2.24, 2.45) is 5.73 Å². The van der Waals surface area contributed by atoms with Crippen LogP contribution in [0, 0.1) is 0 Å². The molecule has 4 heterocycles. The highest BCUT2D eigenvalue weighted by molar-refractivity contribution is 7.23. The van der Waals surface area contributed by atoms with Crippen LogP contribution in [0.4, 0.5) is 16.4 Å². The molecule has 1 aliphatic heterocycles. The Balaban J connectivity index is 1.65. The van der Waals surface area contributed by atoms with Gasteiger partial charge >= 0.3 is 0 Å². The molecule has 8 heteroatoms. The third-order valence-corrected chi connectivity index (χ3v) is 6.05. The maximum atomic E-state index is 13.1. The van der Waals surface area contributed by atoms with Gasteiger partial charge < -0.3 is 21.7 Å². The highest BCUT2D eigenvalue weighted by atomic mass is 32.1. The van der Waals surface area contributed by atoms with E-state index in [9.17, 15) is 4.79 Å². The maximum absolute atomic E-state index is 13.1. The normalized spacial score (nSPS) is 17.1. The Bertz CT molecular complexity index is 1020. The zero-order valence-electron chi connectivity index (χ0n) is 15.8. The van der Waals surface area contributed by atoms with Gasteiger partial charge in [0.15, 0.2) is 0 Å². The molecule has 0 aromatic carbocycles. The number of nitrogens with two attached hydrogens (primary N) is 2. The summed E-state index contributed by atoms with van der Waals surface area (Å²) >= 11 is 1.39. The largest absolute Gasteiger partial charge is 0.390 e. The monoisotopic (exact) mass is 396 g/mol. The van der Waals surface area contributed by atoms with E-state index in [-0.39, 0.29) is 11.9 Å². The van der Waals surface area contributed by atoms with E-state index in [2.05, 4.69) is 27.1 Å².